The zero-order valence-corrected chi connectivity index (χ0v) is 14.2. The van der Waals surface area contributed by atoms with Crippen molar-refractivity contribution in [3.8, 4) is 11.3 Å². The van der Waals surface area contributed by atoms with E-state index < -0.39 is 0 Å². The van der Waals surface area contributed by atoms with Gasteiger partial charge < -0.3 is 10.1 Å². The van der Waals surface area contributed by atoms with Crippen molar-refractivity contribution in [2.24, 2.45) is 5.41 Å². The first-order valence-electron chi connectivity index (χ1n) is 8.86. The third-order valence-electron chi connectivity index (χ3n) is 5.71. The number of carbonyl (C=O) groups excluding carboxylic acids is 1. The molecule has 5 nitrogen and oxygen atoms in total. The van der Waals surface area contributed by atoms with Gasteiger partial charge in [0.05, 0.1) is 11.8 Å². The molecule has 2 fully saturated rings. The largest absolute Gasteiger partial charge is 0.378 e. The first kappa shape index (κ1) is 16.3. The second kappa shape index (κ2) is 6.26. The van der Waals surface area contributed by atoms with Gasteiger partial charge in [-0.3, -0.25) is 9.89 Å². The van der Waals surface area contributed by atoms with Crippen LogP contribution in [0.5, 0.6) is 0 Å². The lowest BCUT2D eigenvalue weighted by Gasteiger charge is -2.60. The Morgan fingerprint density at radius 2 is 2.16 bits per heavy atom. The Bertz CT molecular complexity index is 767. The average molecular weight is 343 g/mol. The van der Waals surface area contributed by atoms with Crippen LogP contribution in [0, 0.1) is 11.2 Å². The van der Waals surface area contributed by atoms with Crippen molar-refractivity contribution in [2.45, 2.75) is 44.8 Å². The highest BCUT2D eigenvalue weighted by atomic mass is 19.1. The number of aromatic nitrogens is 2. The van der Waals surface area contributed by atoms with Crippen LogP contribution in [0.1, 0.15) is 43.1 Å². The van der Waals surface area contributed by atoms with Gasteiger partial charge in [0, 0.05) is 23.6 Å². The van der Waals surface area contributed by atoms with E-state index in [0.717, 1.165) is 24.8 Å². The SMILES string of the molecule is CCO[C@@H]1C[C@H](NC(=O)c2cc(-c3ccc(F)cc3)n[nH]2)C12CCC2. The number of halogens is 1. The van der Waals surface area contributed by atoms with E-state index in [1.54, 1.807) is 18.2 Å². The molecular weight excluding hydrogens is 321 g/mol. The van der Waals surface area contributed by atoms with Gasteiger partial charge in [-0.2, -0.15) is 5.10 Å². The van der Waals surface area contributed by atoms with Gasteiger partial charge in [0.25, 0.3) is 5.91 Å². The molecule has 0 radical (unpaired) electrons. The van der Waals surface area contributed by atoms with Gasteiger partial charge >= 0.3 is 0 Å². The molecule has 0 saturated heterocycles. The summed E-state index contributed by atoms with van der Waals surface area (Å²) in [4.78, 5) is 12.6. The van der Waals surface area contributed by atoms with E-state index in [1.165, 1.54) is 18.6 Å². The highest BCUT2D eigenvalue weighted by Gasteiger charge is 2.59. The number of rotatable bonds is 5. The molecule has 2 aromatic rings. The lowest BCUT2D eigenvalue weighted by atomic mass is 9.51. The number of nitrogens with one attached hydrogen (secondary N) is 2. The molecule has 1 aromatic heterocycles. The fourth-order valence-electron chi connectivity index (χ4n) is 4.08. The predicted molar refractivity (Wildman–Crippen MR) is 91.6 cm³/mol. The Kier molecular flexibility index (Phi) is 4.07. The van der Waals surface area contributed by atoms with Crippen molar-refractivity contribution in [1.29, 1.82) is 0 Å². The Morgan fingerprint density at radius 1 is 1.40 bits per heavy atom. The summed E-state index contributed by atoms with van der Waals surface area (Å²) in [5, 5.41) is 10.1. The number of amides is 1. The van der Waals surface area contributed by atoms with E-state index in [9.17, 15) is 9.18 Å². The van der Waals surface area contributed by atoms with Gasteiger partial charge in [-0.1, -0.05) is 6.42 Å². The van der Waals surface area contributed by atoms with Crippen molar-refractivity contribution in [2.75, 3.05) is 6.61 Å². The van der Waals surface area contributed by atoms with Crippen molar-refractivity contribution < 1.29 is 13.9 Å². The van der Waals surface area contributed by atoms with Crippen LogP contribution < -0.4 is 5.32 Å². The number of benzene rings is 1. The molecule has 0 unspecified atom stereocenters. The van der Waals surface area contributed by atoms with Crippen LogP contribution in [-0.2, 0) is 4.74 Å². The standard InChI is InChI=1S/C19H22FN3O2/c1-2-25-17-11-16(19(17)8-3-9-19)21-18(24)15-10-14(22-23-15)12-4-6-13(20)7-5-12/h4-7,10,16-17H,2-3,8-9,11H2,1H3,(H,21,24)(H,22,23)/t16-,17+/m0/s1. The summed E-state index contributed by atoms with van der Waals surface area (Å²) in [6.45, 7) is 2.73. The molecule has 6 heteroatoms. The van der Waals surface area contributed by atoms with Gasteiger partial charge in [0.1, 0.15) is 11.5 Å². The van der Waals surface area contributed by atoms with E-state index in [0.29, 0.717) is 18.0 Å². The maximum atomic E-state index is 13.0. The van der Waals surface area contributed by atoms with Crippen LogP contribution in [0.2, 0.25) is 0 Å². The van der Waals surface area contributed by atoms with Gasteiger partial charge in [0.15, 0.2) is 0 Å². The molecule has 1 heterocycles. The number of nitrogens with zero attached hydrogens (tertiary/aromatic N) is 1. The number of hydrogen-bond acceptors (Lipinski definition) is 3. The summed E-state index contributed by atoms with van der Waals surface area (Å²) < 4.78 is 18.8. The fraction of sp³-hybridized carbons (Fsp3) is 0.474. The van der Waals surface area contributed by atoms with Gasteiger partial charge in [-0.05, 0) is 56.5 Å². The number of H-pyrrole nitrogens is 1. The maximum Gasteiger partial charge on any atom is 0.269 e. The first-order chi connectivity index (χ1) is 12.1. The number of ether oxygens (including phenoxy) is 1. The van der Waals surface area contributed by atoms with Crippen LogP contribution in [0.25, 0.3) is 11.3 Å². The van der Waals surface area contributed by atoms with Gasteiger partial charge in [-0.25, -0.2) is 4.39 Å². The molecule has 1 spiro atoms. The zero-order chi connectivity index (χ0) is 17.4. The second-order valence-electron chi connectivity index (χ2n) is 6.97. The number of aromatic amines is 1. The van der Waals surface area contributed by atoms with E-state index in [2.05, 4.69) is 15.5 Å². The molecular formula is C19H22FN3O2. The molecule has 2 aliphatic rings. The minimum atomic E-state index is -0.295. The molecule has 1 aromatic carbocycles. The average Bonchev–Trinajstić information content (AvgIpc) is 3.03. The first-order valence-corrected chi connectivity index (χ1v) is 8.86. The van der Waals surface area contributed by atoms with Crippen LogP contribution in [-0.4, -0.2) is 34.9 Å². The molecule has 2 saturated carbocycles. The summed E-state index contributed by atoms with van der Waals surface area (Å²) in [5.74, 6) is -0.441. The molecule has 2 N–H and O–H groups in total. The Hall–Kier alpha value is -2.21. The van der Waals surface area contributed by atoms with Crippen molar-refractivity contribution in [1.82, 2.24) is 15.5 Å². The molecule has 132 valence electrons. The molecule has 2 atom stereocenters. The smallest absolute Gasteiger partial charge is 0.269 e. The minimum Gasteiger partial charge on any atom is -0.378 e. The lowest BCUT2D eigenvalue weighted by Crippen LogP contribution is -2.67. The highest BCUT2D eigenvalue weighted by Crippen LogP contribution is 2.57. The summed E-state index contributed by atoms with van der Waals surface area (Å²) in [7, 11) is 0. The molecule has 1 amide bonds. The van der Waals surface area contributed by atoms with Crippen LogP contribution in [0.15, 0.2) is 30.3 Å². The molecule has 0 bridgehead atoms. The molecule has 0 aliphatic heterocycles. The van der Waals surface area contributed by atoms with Crippen molar-refractivity contribution in [3.63, 3.8) is 0 Å². The van der Waals surface area contributed by atoms with Crippen LogP contribution in [0.3, 0.4) is 0 Å². The number of hydrogen-bond donors (Lipinski definition) is 2. The Balaban J connectivity index is 1.43. The fourth-order valence-corrected chi connectivity index (χ4v) is 4.08. The lowest BCUT2D eigenvalue weighted by molar-refractivity contribution is -0.169. The predicted octanol–water partition coefficient (Wildman–Crippen LogP) is 3.29. The van der Waals surface area contributed by atoms with Crippen LogP contribution >= 0.6 is 0 Å². The highest BCUT2D eigenvalue weighted by molar-refractivity contribution is 5.93. The summed E-state index contributed by atoms with van der Waals surface area (Å²) >= 11 is 0. The van der Waals surface area contributed by atoms with Crippen molar-refractivity contribution >= 4 is 5.91 Å². The summed E-state index contributed by atoms with van der Waals surface area (Å²) in [6, 6.07) is 7.93. The quantitative estimate of drug-likeness (QED) is 0.875. The van der Waals surface area contributed by atoms with Gasteiger partial charge in [-0.15, -0.1) is 0 Å². The summed E-state index contributed by atoms with van der Waals surface area (Å²) in [6.07, 6.45) is 4.58. The third kappa shape index (κ3) is 2.74. The monoisotopic (exact) mass is 343 g/mol. The summed E-state index contributed by atoms with van der Waals surface area (Å²) in [5.41, 5.74) is 1.95. The van der Waals surface area contributed by atoms with Crippen LogP contribution in [0.4, 0.5) is 4.39 Å². The van der Waals surface area contributed by atoms with Gasteiger partial charge in [0.2, 0.25) is 0 Å². The van der Waals surface area contributed by atoms with E-state index in [4.69, 9.17) is 4.74 Å². The van der Waals surface area contributed by atoms with E-state index in [1.807, 2.05) is 6.92 Å². The maximum absolute atomic E-state index is 13.0. The van der Waals surface area contributed by atoms with Crippen molar-refractivity contribution in [3.05, 3.63) is 41.8 Å². The topological polar surface area (TPSA) is 67.0 Å². The van der Waals surface area contributed by atoms with E-state index >= 15 is 0 Å². The zero-order valence-electron chi connectivity index (χ0n) is 14.2. The molecule has 2 aliphatic carbocycles. The minimum absolute atomic E-state index is 0.130. The third-order valence-corrected chi connectivity index (χ3v) is 5.71. The Morgan fingerprint density at radius 3 is 2.80 bits per heavy atom. The normalized spacial score (nSPS) is 23.8. The molecule has 25 heavy (non-hydrogen) atoms. The Labute approximate surface area is 146 Å². The second-order valence-corrected chi connectivity index (χ2v) is 6.97. The van der Waals surface area contributed by atoms with E-state index in [-0.39, 0.29) is 29.3 Å². The number of carbonyl (C=O) groups is 1. The molecule has 4 rings (SSSR count).